The standard InChI is InChI=1S/C26H34N2O5/c1-32-20-7-5-6-19(16-20)17-23(29)27-13-10-26(11-14-27)12-15-28(18-26)24(30)21-8-3-4-9-22(21)25(31)33-2/h3-7,16,21-22H,8-15,17-18H2,1-2H3/t21-,22+/m1/s1. The summed E-state index contributed by atoms with van der Waals surface area (Å²) in [6.45, 7) is 2.89. The SMILES string of the molecule is COC(=O)[C@H]1CC=CC[C@H]1C(=O)N1CCC2(CCN(C(=O)Cc3cccc(OC)c3)CC2)C1. The van der Waals surface area contributed by atoms with Gasteiger partial charge in [0.25, 0.3) is 0 Å². The Morgan fingerprint density at radius 2 is 1.64 bits per heavy atom. The third kappa shape index (κ3) is 5.07. The molecule has 7 nitrogen and oxygen atoms in total. The van der Waals surface area contributed by atoms with Crippen LogP contribution in [-0.2, 0) is 25.5 Å². The highest BCUT2D eigenvalue weighted by Crippen LogP contribution is 2.42. The molecule has 2 atom stereocenters. The molecular weight excluding hydrogens is 420 g/mol. The number of nitrogens with zero attached hydrogens (tertiary/aromatic N) is 2. The van der Waals surface area contributed by atoms with Gasteiger partial charge >= 0.3 is 5.97 Å². The summed E-state index contributed by atoms with van der Waals surface area (Å²) < 4.78 is 10.2. The van der Waals surface area contributed by atoms with Crippen LogP contribution in [0.1, 0.15) is 37.7 Å². The van der Waals surface area contributed by atoms with E-state index in [1.165, 1.54) is 7.11 Å². The third-order valence-corrected chi connectivity index (χ3v) is 7.67. The molecule has 7 heteroatoms. The number of likely N-dealkylation sites (tertiary alicyclic amines) is 2. The first-order valence-electron chi connectivity index (χ1n) is 11.9. The second-order valence-electron chi connectivity index (χ2n) is 9.60. The maximum absolute atomic E-state index is 13.3. The quantitative estimate of drug-likeness (QED) is 0.505. The number of hydrogen-bond acceptors (Lipinski definition) is 5. The molecule has 1 aromatic carbocycles. The Balaban J connectivity index is 1.32. The Morgan fingerprint density at radius 3 is 2.30 bits per heavy atom. The number of carbonyl (C=O) groups excluding carboxylic acids is 3. The van der Waals surface area contributed by atoms with Gasteiger partial charge in [-0.05, 0) is 55.2 Å². The van der Waals surface area contributed by atoms with Gasteiger partial charge in [0.2, 0.25) is 11.8 Å². The van der Waals surface area contributed by atoms with Crippen molar-refractivity contribution < 1.29 is 23.9 Å². The van der Waals surface area contributed by atoms with Crippen molar-refractivity contribution in [2.45, 2.75) is 38.5 Å². The van der Waals surface area contributed by atoms with Crippen molar-refractivity contribution in [2.75, 3.05) is 40.4 Å². The summed E-state index contributed by atoms with van der Waals surface area (Å²) in [5, 5.41) is 0. The van der Waals surface area contributed by atoms with Gasteiger partial charge in [0, 0.05) is 26.2 Å². The van der Waals surface area contributed by atoms with Crippen LogP contribution in [0, 0.1) is 17.3 Å². The lowest BCUT2D eigenvalue weighted by Gasteiger charge is -2.39. The molecule has 0 N–H and O–H groups in total. The summed E-state index contributed by atoms with van der Waals surface area (Å²) >= 11 is 0. The Kier molecular flexibility index (Phi) is 7.05. The van der Waals surface area contributed by atoms with Crippen LogP contribution in [-0.4, -0.2) is 68.0 Å². The van der Waals surface area contributed by atoms with Gasteiger partial charge in [0.1, 0.15) is 5.75 Å². The molecule has 0 unspecified atom stereocenters. The zero-order valence-electron chi connectivity index (χ0n) is 19.6. The molecule has 0 bridgehead atoms. The van der Waals surface area contributed by atoms with Crippen LogP contribution in [0.2, 0.25) is 0 Å². The number of benzene rings is 1. The molecule has 2 saturated heterocycles. The molecule has 3 aliphatic rings. The fourth-order valence-corrected chi connectivity index (χ4v) is 5.56. The molecule has 1 spiro atoms. The lowest BCUT2D eigenvalue weighted by molar-refractivity contribution is -0.153. The summed E-state index contributed by atoms with van der Waals surface area (Å²) in [4.78, 5) is 42.2. The van der Waals surface area contributed by atoms with E-state index in [-0.39, 0.29) is 35.0 Å². The first-order chi connectivity index (χ1) is 15.9. The van der Waals surface area contributed by atoms with Crippen molar-refractivity contribution in [3.63, 3.8) is 0 Å². The minimum Gasteiger partial charge on any atom is -0.497 e. The molecule has 33 heavy (non-hydrogen) atoms. The number of allylic oxidation sites excluding steroid dienone is 2. The summed E-state index contributed by atoms with van der Waals surface area (Å²) in [6.07, 6.45) is 8.27. The number of ether oxygens (including phenoxy) is 2. The van der Waals surface area contributed by atoms with Crippen LogP contribution in [0.4, 0.5) is 0 Å². The van der Waals surface area contributed by atoms with E-state index in [4.69, 9.17) is 9.47 Å². The first-order valence-corrected chi connectivity index (χ1v) is 11.9. The first kappa shape index (κ1) is 23.3. The smallest absolute Gasteiger partial charge is 0.309 e. The minimum absolute atomic E-state index is 0.0724. The molecule has 0 radical (unpaired) electrons. The van der Waals surface area contributed by atoms with Crippen LogP contribution in [0.15, 0.2) is 36.4 Å². The summed E-state index contributed by atoms with van der Waals surface area (Å²) in [6, 6.07) is 7.65. The number of rotatable bonds is 5. The Hall–Kier alpha value is -2.83. The van der Waals surface area contributed by atoms with E-state index in [2.05, 4.69) is 0 Å². The number of carbonyl (C=O) groups is 3. The van der Waals surface area contributed by atoms with E-state index < -0.39 is 0 Å². The van der Waals surface area contributed by atoms with E-state index in [0.717, 1.165) is 56.8 Å². The lowest BCUT2D eigenvalue weighted by atomic mass is 9.77. The number of hydrogen-bond donors (Lipinski definition) is 0. The van der Waals surface area contributed by atoms with Crippen molar-refractivity contribution in [1.82, 2.24) is 9.80 Å². The maximum Gasteiger partial charge on any atom is 0.309 e. The molecule has 2 fully saturated rings. The topological polar surface area (TPSA) is 76.2 Å². The molecule has 2 heterocycles. The molecule has 4 rings (SSSR count). The Morgan fingerprint density at radius 1 is 0.970 bits per heavy atom. The van der Waals surface area contributed by atoms with Crippen LogP contribution >= 0.6 is 0 Å². The lowest BCUT2D eigenvalue weighted by Crippen LogP contribution is -2.46. The second kappa shape index (κ2) is 9.98. The van der Waals surface area contributed by atoms with Crippen molar-refractivity contribution in [3.05, 3.63) is 42.0 Å². The molecule has 2 aliphatic heterocycles. The zero-order valence-corrected chi connectivity index (χ0v) is 19.6. The zero-order chi connectivity index (χ0) is 23.4. The van der Waals surface area contributed by atoms with E-state index in [9.17, 15) is 14.4 Å². The van der Waals surface area contributed by atoms with Crippen molar-refractivity contribution in [1.29, 1.82) is 0 Å². The fraction of sp³-hybridized carbons (Fsp3) is 0.577. The fourth-order valence-electron chi connectivity index (χ4n) is 5.56. The van der Waals surface area contributed by atoms with E-state index in [1.54, 1.807) is 7.11 Å². The van der Waals surface area contributed by atoms with Crippen molar-refractivity contribution >= 4 is 17.8 Å². The number of methoxy groups -OCH3 is 2. The molecule has 1 aromatic rings. The van der Waals surface area contributed by atoms with E-state index in [1.807, 2.05) is 46.2 Å². The molecule has 178 valence electrons. The number of esters is 1. The maximum atomic E-state index is 13.3. The minimum atomic E-state index is -0.389. The highest BCUT2D eigenvalue weighted by molar-refractivity contribution is 5.86. The summed E-state index contributed by atoms with van der Waals surface area (Å²) in [5.74, 6) is -0.0460. The van der Waals surface area contributed by atoms with Gasteiger partial charge in [-0.2, -0.15) is 0 Å². The summed E-state index contributed by atoms with van der Waals surface area (Å²) in [7, 11) is 3.01. The van der Waals surface area contributed by atoms with Gasteiger partial charge in [0.05, 0.1) is 32.5 Å². The Bertz CT molecular complexity index is 919. The van der Waals surface area contributed by atoms with Gasteiger partial charge in [0.15, 0.2) is 0 Å². The van der Waals surface area contributed by atoms with Gasteiger partial charge in [-0.25, -0.2) is 0 Å². The van der Waals surface area contributed by atoms with Crippen LogP contribution in [0.25, 0.3) is 0 Å². The van der Waals surface area contributed by atoms with Crippen molar-refractivity contribution in [2.24, 2.45) is 17.3 Å². The van der Waals surface area contributed by atoms with E-state index in [0.29, 0.717) is 19.3 Å². The predicted molar refractivity (Wildman–Crippen MR) is 124 cm³/mol. The average molecular weight is 455 g/mol. The molecular formula is C26H34N2O5. The third-order valence-electron chi connectivity index (χ3n) is 7.67. The van der Waals surface area contributed by atoms with Crippen LogP contribution in [0.5, 0.6) is 5.75 Å². The molecule has 0 saturated carbocycles. The molecule has 1 aliphatic carbocycles. The van der Waals surface area contributed by atoms with E-state index >= 15 is 0 Å². The van der Waals surface area contributed by atoms with Gasteiger partial charge in [-0.15, -0.1) is 0 Å². The number of amides is 2. The van der Waals surface area contributed by atoms with Gasteiger partial charge in [-0.3, -0.25) is 14.4 Å². The predicted octanol–water partition coefficient (Wildman–Crippen LogP) is 2.83. The highest BCUT2D eigenvalue weighted by atomic mass is 16.5. The highest BCUT2D eigenvalue weighted by Gasteiger charge is 2.45. The second-order valence-corrected chi connectivity index (χ2v) is 9.60. The van der Waals surface area contributed by atoms with Gasteiger partial charge < -0.3 is 19.3 Å². The average Bonchev–Trinajstić information content (AvgIpc) is 3.26. The monoisotopic (exact) mass is 454 g/mol. The van der Waals surface area contributed by atoms with Crippen LogP contribution in [0.3, 0.4) is 0 Å². The van der Waals surface area contributed by atoms with Crippen molar-refractivity contribution in [3.8, 4) is 5.75 Å². The normalized spacial score (nSPS) is 24.1. The Labute approximate surface area is 195 Å². The largest absolute Gasteiger partial charge is 0.497 e. The van der Waals surface area contributed by atoms with Crippen LogP contribution < -0.4 is 4.74 Å². The molecule has 2 amide bonds. The van der Waals surface area contributed by atoms with Gasteiger partial charge in [-0.1, -0.05) is 24.3 Å². The molecule has 0 aromatic heterocycles. The number of piperidine rings is 1. The summed E-state index contributed by atoms with van der Waals surface area (Å²) in [5.41, 5.74) is 1.03.